The van der Waals surface area contributed by atoms with E-state index in [2.05, 4.69) is 26.6 Å². The fraction of sp³-hybridized carbons (Fsp3) is 0.938. The van der Waals surface area contributed by atoms with E-state index in [4.69, 9.17) is 0 Å². The highest BCUT2D eigenvalue weighted by Gasteiger charge is 2.19. The molecule has 0 aromatic carbocycles. The van der Waals surface area contributed by atoms with Gasteiger partial charge in [-0.1, -0.05) is 77.6 Å². The van der Waals surface area contributed by atoms with E-state index in [1.54, 1.807) is 0 Å². The van der Waals surface area contributed by atoms with Gasteiger partial charge in [0, 0.05) is 8.07 Å². The highest BCUT2D eigenvalue weighted by atomic mass is 28.3. The summed E-state index contributed by atoms with van der Waals surface area (Å²) in [7, 11) is -1.00. The van der Waals surface area contributed by atoms with Crippen LogP contribution in [0.15, 0.2) is 0 Å². The molecule has 0 aromatic rings. The molecule has 2 nitrogen and oxygen atoms in total. The Morgan fingerprint density at radius 3 is 2.00 bits per heavy atom. The van der Waals surface area contributed by atoms with Crippen LogP contribution in [-0.4, -0.2) is 19.1 Å². The molecule has 3 heteroatoms. The first-order valence-corrected chi connectivity index (χ1v) is 11.8. The van der Waals surface area contributed by atoms with Gasteiger partial charge in [0.15, 0.2) is 0 Å². The van der Waals surface area contributed by atoms with E-state index >= 15 is 0 Å². The number of carbonyl (C=O) groups is 1. The van der Waals surface area contributed by atoms with Gasteiger partial charge in [-0.25, -0.2) is 0 Å². The summed E-state index contributed by atoms with van der Waals surface area (Å²) in [6, 6.07) is 1.26. The molecule has 0 spiro atoms. The van der Waals surface area contributed by atoms with Crippen LogP contribution in [0.4, 0.5) is 0 Å². The zero-order chi connectivity index (χ0) is 14.7. The number of hydrogen-bond acceptors (Lipinski definition) is 1. The fourth-order valence-corrected chi connectivity index (χ4v) is 3.71. The van der Waals surface area contributed by atoms with Crippen LogP contribution in [0.1, 0.15) is 64.7 Å². The molecule has 0 saturated carbocycles. The third kappa shape index (κ3) is 12.5. The molecule has 0 aliphatic heterocycles. The van der Waals surface area contributed by atoms with Crippen LogP contribution in [0.3, 0.4) is 0 Å². The largest absolute Gasteiger partial charge is 0.481 e. The average Bonchev–Trinajstić information content (AvgIpc) is 2.29. The highest BCUT2D eigenvalue weighted by molar-refractivity contribution is 6.76. The Labute approximate surface area is 121 Å². The normalized spacial score (nSPS) is 13.5. The quantitative estimate of drug-likeness (QED) is 0.377. The van der Waals surface area contributed by atoms with E-state index in [0.29, 0.717) is 0 Å². The van der Waals surface area contributed by atoms with Crippen LogP contribution in [0.2, 0.25) is 25.7 Å². The van der Waals surface area contributed by atoms with Crippen molar-refractivity contribution in [3.63, 3.8) is 0 Å². The van der Waals surface area contributed by atoms with E-state index in [1.807, 2.05) is 0 Å². The van der Waals surface area contributed by atoms with Gasteiger partial charge >= 0.3 is 5.97 Å². The molecule has 0 fully saturated rings. The van der Waals surface area contributed by atoms with Crippen molar-refractivity contribution in [2.24, 2.45) is 5.92 Å². The van der Waals surface area contributed by atoms with Crippen LogP contribution >= 0.6 is 0 Å². The van der Waals surface area contributed by atoms with Gasteiger partial charge in [-0.3, -0.25) is 4.79 Å². The van der Waals surface area contributed by atoms with E-state index in [0.717, 1.165) is 25.7 Å². The van der Waals surface area contributed by atoms with Crippen molar-refractivity contribution < 1.29 is 9.90 Å². The Morgan fingerprint density at radius 1 is 0.947 bits per heavy atom. The lowest BCUT2D eigenvalue weighted by Gasteiger charge is -2.17. The lowest BCUT2D eigenvalue weighted by atomic mass is 9.96. The zero-order valence-electron chi connectivity index (χ0n) is 13.5. The Morgan fingerprint density at radius 2 is 1.47 bits per heavy atom. The number of rotatable bonds is 12. The van der Waals surface area contributed by atoms with Crippen molar-refractivity contribution in [2.75, 3.05) is 0 Å². The number of aliphatic carboxylic acids is 1. The standard InChI is InChI=1S/C16H34O2Si/c1-5-6-7-8-9-10-12-15(16(17)18)13-11-14-19(2,3)4/h15H,5-14H2,1-4H3,(H,17,18). The molecule has 1 atom stereocenters. The fourth-order valence-electron chi connectivity index (χ4n) is 2.44. The van der Waals surface area contributed by atoms with Crippen LogP contribution < -0.4 is 0 Å². The second kappa shape index (κ2) is 10.5. The Kier molecular flexibility index (Phi) is 10.3. The van der Waals surface area contributed by atoms with Crippen molar-refractivity contribution >= 4 is 14.0 Å². The second-order valence-corrected chi connectivity index (χ2v) is 12.7. The first-order chi connectivity index (χ1) is 8.87. The van der Waals surface area contributed by atoms with Crippen molar-refractivity contribution in [1.82, 2.24) is 0 Å². The predicted molar refractivity (Wildman–Crippen MR) is 86.5 cm³/mol. The van der Waals surface area contributed by atoms with Crippen LogP contribution in [0, 0.1) is 5.92 Å². The number of unbranched alkanes of at least 4 members (excludes halogenated alkanes) is 5. The van der Waals surface area contributed by atoms with Crippen molar-refractivity contribution in [3.8, 4) is 0 Å². The van der Waals surface area contributed by atoms with Gasteiger partial charge in [-0.05, 0) is 12.8 Å². The van der Waals surface area contributed by atoms with Gasteiger partial charge in [-0.15, -0.1) is 0 Å². The van der Waals surface area contributed by atoms with Crippen LogP contribution in [0.5, 0.6) is 0 Å². The third-order valence-electron chi connectivity index (χ3n) is 3.73. The van der Waals surface area contributed by atoms with Gasteiger partial charge in [0.2, 0.25) is 0 Å². The van der Waals surface area contributed by atoms with E-state index in [1.165, 1.54) is 38.1 Å². The summed E-state index contributed by atoms with van der Waals surface area (Å²) in [5, 5.41) is 9.25. The molecule has 0 rings (SSSR count). The summed E-state index contributed by atoms with van der Waals surface area (Å²) in [6.07, 6.45) is 10.3. The molecule has 0 aliphatic carbocycles. The summed E-state index contributed by atoms with van der Waals surface area (Å²) in [4.78, 5) is 11.2. The monoisotopic (exact) mass is 286 g/mol. The molecule has 1 N–H and O–H groups in total. The van der Waals surface area contributed by atoms with E-state index < -0.39 is 14.0 Å². The van der Waals surface area contributed by atoms with Gasteiger partial charge < -0.3 is 5.11 Å². The molecule has 1 unspecified atom stereocenters. The topological polar surface area (TPSA) is 37.3 Å². The number of hydrogen-bond donors (Lipinski definition) is 1. The minimum Gasteiger partial charge on any atom is -0.481 e. The predicted octanol–water partition coefficient (Wildman–Crippen LogP) is 5.56. The summed E-state index contributed by atoms with van der Waals surface area (Å²) in [5.41, 5.74) is 0. The SMILES string of the molecule is CCCCCCCCC(CCC[Si](C)(C)C)C(=O)O. The Balaban J connectivity index is 3.72. The molecule has 0 aromatic heterocycles. The van der Waals surface area contributed by atoms with Gasteiger partial charge in [0.25, 0.3) is 0 Å². The van der Waals surface area contributed by atoms with Gasteiger partial charge in [-0.2, -0.15) is 0 Å². The minimum atomic E-state index is -1.00. The first-order valence-electron chi connectivity index (χ1n) is 8.09. The molecular formula is C16H34O2Si. The Bertz CT molecular complexity index is 233. The summed E-state index contributed by atoms with van der Waals surface area (Å²) >= 11 is 0. The molecule has 0 amide bonds. The van der Waals surface area contributed by atoms with E-state index in [9.17, 15) is 9.90 Å². The van der Waals surface area contributed by atoms with Crippen molar-refractivity contribution in [2.45, 2.75) is 90.4 Å². The van der Waals surface area contributed by atoms with Gasteiger partial charge in [0.05, 0.1) is 5.92 Å². The molecule has 0 heterocycles. The number of carboxylic acids is 1. The van der Waals surface area contributed by atoms with Crippen molar-refractivity contribution in [3.05, 3.63) is 0 Å². The maximum atomic E-state index is 11.2. The van der Waals surface area contributed by atoms with Crippen molar-refractivity contribution in [1.29, 1.82) is 0 Å². The maximum Gasteiger partial charge on any atom is 0.306 e. The van der Waals surface area contributed by atoms with Crippen LogP contribution in [0.25, 0.3) is 0 Å². The minimum absolute atomic E-state index is 0.0949. The lowest BCUT2D eigenvalue weighted by molar-refractivity contribution is -0.142. The van der Waals surface area contributed by atoms with Gasteiger partial charge in [0.1, 0.15) is 0 Å². The molecule has 0 aliphatic rings. The van der Waals surface area contributed by atoms with Crippen LogP contribution in [-0.2, 0) is 4.79 Å². The summed E-state index contributed by atoms with van der Waals surface area (Å²) < 4.78 is 0. The zero-order valence-corrected chi connectivity index (χ0v) is 14.5. The molecule has 0 saturated heterocycles. The molecular weight excluding hydrogens is 252 g/mol. The molecule has 114 valence electrons. The summed E-state index contributed by atoms with van der Waals surface area (Å²) in [6.45, 7) is 9.29. The second-order valence-electron chi connectivity index (χ2n) is 7.04. The molecule has 19 heavy (non-hydrogen) atoms. The first kappa shape index (κ1) is 18.7. The average molecular weight is 287 g/mol. The highest BCUT2D eigenvalue weighted by Crippen LogP contribution is 2.21. The molecule has 0 radical (unpaired) electrons. The lowest BCUT2D eigenvalue weighted by Crippen LogP contribution is -2.20. The number of carboxylic acid groups (broad SMARTS) is 1. The third-order valence-corrected chi connectivity index (χ3v) is 5.59. The Hall–Kier alpha value is -0.313. The maximum absolute atomic E-state index is 11.2. The summed E-state index contributed by atoms with van der Waals surface area (Å²) in [5.74, 6) is -0.674. The van der Waals surface area contributed by atoms with E-state index in [-0.39, 0.29) is 5.92 Å². The smallest absolute Gasteiger partial charge is 0.306 e. The molecule has 0 bridgehead atoms.